The Balaban J connectivity index is 2.10. The van der Waals surface area contributed by atoms with Crippen LogP contribution in [0.5, 0.6) is 0 Å². The first-order valence-corrected chi connectivity index (χ1v) is 5.32. The SMILES string of the molecule is CC(CC#N)NCc1cccc2cn[nH]c12. The van der Waals surface area contributed by atoms with E-state index in [0.717, 1.165) is 17.4 Å². The number of para-hydroxylation sites is 1. The molecule has 1 unspecified atom stereocenters. The summed E-state index contributed by atoms with van der Waals surface area (Å²) in [6, 6.07) is 8.47. The number of aromatic amines is 1. The fraction of sp³-hybridized carbons (Fsp3) is 0.333. The number of nitrogens with zero attached hydrogens (tertiary/aromatic N) is 2. The molecule has 16 heavy (non-hydrogen) atoms. The maximum atomic E-state index is 8.57. The van der Waals surface area contributed by atoms with E-state index in [0.29, 0.717) is 6.42 Å². The molecule has 82 valence electrons. The fourth-order valence-electron chi connectivity index (χ4n) is 1.67. The second kappa shape index (κ2) is 4.77. The van der Waals surface area contributed by atoms with Crippen LogP contribution in [0.2, 0.25) is 0 Å². The minimum atomic E-state index is 0.211. The summed E-state index contributed by atoms with van der Waals surface area (Å²) in [5.74, 6) is 0. The molecule has 0 spiro atoms. The number of hydrogen-bond acceptors (Lipinski definition) is 3. The zero-order valence-electron chi connectivity index (χ0n) is 9.20. The van der Waals surface area contributed by atoms with Crippen molar-refractivity contribution in [2.45, 2.75) is 25.9 Å². The van der Waals surface area contributed by atoms with Gasteiger partial charge in [-0.15, -0.1) is 0 Å². The van der Waals surface area contributed by atoms with E-state index < -0.39 is 0 Å². The molecule has 2 N–H and O–H groups in total. The molecular formula is C12H14N4. The summed E-state index contributed by atoms with van der Waals surface area (Å²) in [5, 5.41) is 20.0. The standard InChI is InChI=1S/C12H14N4/c1-9(5-6-13)14-7-10-3-2-4-11-8-15-16-12(10)11/h2-4,8-9,14H,5,7H2,1H3,(H,15,16). The number of H-pyrrole nitrogens is 1. The van der Waals surface area contributed by atoms with Gasteiger partial charge in [0.1, 0.15) is 0 Å². The highest BCUT2D eigenvalue weighted by atomic mass is 15.1. The molecule has 1 aromatic heterocycles. The van der Waals surface area contributed by atoms with E-state index in [1.54, 1.807) is 0 Å². The van der Waals surface area contributed by atoms with Gasteiger partial charge < -0.3 is 5.32 Å². The Hall–Kier alpha value is -1.86. The lowest BCUT2D eigenvalue weighted by atomic mass is 10.1. The number of benzene rings is 1. The van der Waals surface area contributed by atoms with Crippen molar-refractivity contribution < 1.29 is 0 Å². The van der Waals surface area contributed by atoms with Crippen molar-refractivity contribution >= 4 is 10.9 Å². The van der Waals surface area contributed by atoms with Crippen LogP contribution < -0.4 is 5.32 Å². The van der Waals surface area contributed by atoms with Crippen LogP contribution >= 0.6 is 0 Å². The molecule has 0 aliphatic carbocycles. The van der Waals surface area contributed by atoms with Gasteiger partial charge in [-0.05, 0) is 12.5 Å². The number of fused-ring (bicyclic) bond motifs is 1. The Morgan fingerprint density at radius 2 is 2.44 bits per heavy atom. The number of hydrogen-bond donors (Lipinski definition) is 2. The smallest absolute Gasteiger partial charge is 0.0695 e. The molecule has 0 saturated heterocycles. The Labute approximate surface area is 94.3 Å². The highest BCUT2D eigenvalue weighted by Crippen LogP contribution is 2.15. The van der Waals surface area contributed by atoms with Crippen LogP contribution in [0.1, 0.15) is 18.9 Å². The van der Waals surface area contributed by atoms with E-state index in [1.165, 1.54) is 5.56 Å². The third-order valence-electron chi connectivity index (χ3n) is 2.60. The predicted octanol–water partition coefficient (Wildman–Crippen LogP) is 1.95. The van der Waals surface area contributed by atoms with Gasteiger partial charge in [-0.3, -0.25) is 5.10 Å². The topological polar surface area (TPSA) is 64.5 Å². The lowest BCUT2D eigenvalue weighted by Gasteiger charge is -2.10. The molecule has 2 rings (SSSR count). The average Bonchev–Trinajstić information content (AvgIpc) is 2.75. The predicted molar refractivity (Wildman–Crippen MR) is 62.6 cm³/mol. The molecule has 1 atom stereocenters. The van der Waals surface area contributed by atoms with Gasteiger partial charge in [0, 0.05) is 18.0 Å². The largest absolute Gasteiger partial charge is 0.309 e. The van der Waals surface area contributed by atoms with Crippen LogP contribution in [-0.4, -0.2) is 16.2 Å². The van der Waals surface area contributed by atoms with Crippen molar-refractivity contribution in [3.05, 3.63) is 30.0 Å². The van der Waals surface area contributed by atoms with Crippen LogP contribution in [0, 0.1) is 11.3 Å². The minimum Gasteiger partial charge on any atom is -0.309 e. The van der Waals surface area contributed by atoms with Crippen LogP contribution in [0.15, 0.2) is 24.4 Å². The second-order valence-electron chi connectivity index (χ2n) is 3.90. The first-order valence-electron chi connectivity index (χ1n) is 5.32. The number of nitrogens with one attached hydrogen (secondary N) is 2. The molecule has 0 aliphatic heterocycles. The van der Waals surface area contributed by atoms with Gasteiger partial charge in [0.25, 0.3) is 0 Å². The zero-order chi connectivity index (χ0) is 11.4. The summed E-state index contributed by atoms with van der Waals surface area (Å²) >= 11 is 0. The highest BCUT2D eigenvalue weighted by Gasteiger charge is 2.04. The number of aromatic nitrogens is 2. The van der Waals surface area contributed by atoms with E-state index in [9.17, 15) is 0 Å². The summed E-state index contributed by atoms with van der Waals surface area (Å²) in [5.41, 5.74) is 2.25. The molecule has 2 aromatic rings. The molecule has 0 saturated carbocycles. The second-order valence-corrected chi connectivity index (χ2v) is 3.90. The summed E-state index contributed by atoms with van der Waals surface area (Å²) in [6.45, 7) is 2.76. The van der Waals surface area contributed by atoms with Crippen LogP contribution in [0.25, 0.3) is 10.9 Å². The van der Waals surface area contributed by atoms with Crippen molar-refractivity contribution in [1.82, 2.24) is 15.5 Å². The van der Waals surface area contributed by atoms with Crippen molar-refractivity contribution in [2.75, 3.05) is 0 Å². The van der Waals surface area contributed by atoms with Gasteiger partial charge in [0.15, 0.2) is 0 Å². The number of nitriles is 1. The molecule has 0 radical (unpaired) electrons. The van der Waals surface area contributed by atoms with Crippen molar-refractivity contribution in [1.29, 1.82) is 5.26 Å². The lowest BCUT2D eigenvalue weighted by molar-refractivity contribution is 0.558. The highest BCUT2D eigenvalue weighted by molar-refractivity contribution is 5.81. The normalized spacial score (nSPS) is 12.5. The first kappa shape index (κ1) is 10.7. The maximum absolute atomic E-state index is 8.57. The zero-order valence-corrected chi connectivity index (χ0v) is 9.20. The first-order chi connectivity index (χ1) is 7.81. The van der Waals surface area contributed by atoms with E-state index >= 15 is 0 Å². The van der Waals surface area contributed by atoms with E-state index in [4.69, 9.17) is 5.26 Å². The Morgan fingerprint density at radius 3 is 3.25 bits per heavy atom. The molecular weight excluding hydrogens is 200 g/mol. The van der Waals surface area contributed by atoms with Gasteiger partial charge >= 0.3 is 0 Å². The van der Waals surface area contributed by atoms with Crippen molar-refractivity contribution in [2.24, 2.45) is 0 Å². The van der Waals surface area contributed by atoms with E-state index in [1.807, 2.05) is 25.3 Å². The molecule has 0 amide bonds. The quantitative estimate of drug-likeness (QED) is 0.817. The van der Waals surface area contributed by atoms with Crippen LogP contribution in [0.3, 0.4) is 0 Å². The van der Waals surface area contributed by atoms with Gasteiger partial charge in [-0.25, -0.2) is 0 Å². The average molecular weight is 214 g/mol. The van der Waals surface area contributed by atoms with Crippen LogP contribution in [0.4, 0.5) is 0 Å². The third kappa shape index (κ3) is 2.20. The minimum absolute atomic E-state index is 0.211. The van der Waals surface area contributed by atoms with Gasteiger partial charge in [0.2, 0.25) is 0 Å². The molecule has 1 heterocycles. The molecule has 0 bridgehead atoms. The fourth-order valence-corrected chi connectivity index (χ4v) is 1.67. The van der Waals surface area contributed by atoms with Crippen molar-refractivity contribution in [3.63, 3.8) is 0 Å². The summed E-state index contributed by atoms with van der Waals surface area (Å²) in [6.07, 6.45) is 2.34. The summed E-state index contributed by atoms with van der Waals surface area (Å²) in [7, 11) is 0. The van der Waals surface area contributed by atoms with E-state index in [2.05, 4.69) is 27.6 Å². The van der Waals surface area contributed by atoms with Crippen LogP contribution in [-0.2, 0) is 6.54 Å². The molecule has 0 aliphatic rings. The van der Waals surface area contributed by atoms with Gasteiger partial charge in [0.05, 0.1) is 24.2 Å². The Bertz CT molecular complexity index is 509. The van der Waals surface area contributed by atoms with E-state index in [-0.39, 0.29) is 6.04 Å². The van der Waals surface area contributed by atoms with Gasteiger partial charge in [-0.2, -0.15) is 10.4 Å². The summed E-state index contributed by atoms with van der Waals surface area (Å²) < 4.78 is 0. The molecule has 0 fully saturated rings. The third-order valence-corrected chi connectivity index (χ3v) is 2.60. The number of rotatable bonds is 4. The molecule has 4 nitrogen and oxygen atoms in total. The van der Waals surface area contributed by atoms with Crippen molar-refractivity contribution in [3.8, 4) is 6.07 Å². The maximum Gasteiger partial charge on any atom is 0.0695 e. The lowest BCUT2D eigenvalue weighted by Crippen LogP contribution is -2.24. The monoisotopic (exact) mass is 214 g/mol. The molecule has 1 aromatic carbocycles. The Morgan fingerprint density at radius 1 is 1.56 bits per heavy atom. The molecule has 4 heteroatoms. The summed E-state index contributed by atoms with van der Waals surface area (Å²) in [4.78, 5) is 0. The van der Waals surface area contributed by atoms with Gasteiger partial charge in [-0.1, -0.05) is 18.2 Å². The Kier molecular flexibility index (Phi) is 3.18.